The summed E-state index contributed by atoms with van der Waals surface area (Å²) in [7, 11) is -0.945. The molecule has 1 saturated heterocycles. The number of nitrogens with one attached hydrogen (secondary N) is 1. The number of amides is 2. The molecule has 2 N–H and O–H groups in total. The van der Waals surface area contributed by atoms with E-state index in [1.54, 1.807) is 11.2 Å². The number of hydrogen-bond donors (Lipinski definition) is 2. The van der Waals surface area contributed by atoms with Crippen LogP contribution in [0.2, 0.25) is 0 Å². The summed E-state index contributed by atoms with van der Waals surface area (Å²) in [5, 5.41) is 11.4. The van der Waals surface area contributed by atoms with Gasteiger partial charge in [0, 0.05) is 48.4 Å². The van der Waals surface area contributed by atoms with Crippen LogP contribution in [0.3, 0.4) is 0 Å². The topological polar surface area (TPSA) is 86.7 Å². The van der Waals surface area contributed by atoms with E-state index in [1.165, 1.54) is 0 Å². The molecular formula is C13H24N2O4S. The van der Waals surface area contributed by atoms with Gasteiger partial charge >= 0.3 is 12.0 Å². The summed E-state index contributed by atoms with van der Waals surface area (Å²) in [5.74, 6) is -0.519. The number of aliphatic carboxylic acids is 1. The number of rotatable bonds is 6. The molecular weight excluding hydrogens is 280 g/mol. The Morgan fingerprint density at radius 2 is 2.20 bits per heavy atom. The molecule has 1 aliphatic heterocycles. The lowest BCUT2D eigenvalue weighted by atomic mass is 9.93. The average molecular weight is 304 g/mol. The van der Waals surface area contributed by atoms with E-state index in [4.69, 9.17) is 5.11 Å². The van der Waals surface area contributed by atoms with Crippen molar-refractivity contribution in [1.82, 2.24) is 10.2 Å². The predicted octanol–water partition coefficient (Wildman–Crippen LogP) is 1.04. The maximum atomic E-state index is 12.0. The number of hydrogen-bond acceptors (Lipinski definition) is 3. The van der Waals surface area contributed by atoms with Crippen molar-refractivity contribution in [3.8, 4) is 0 Å². The van der Waals surface area contributed by atoms with E-state index < -0.39 is 16.8 Å². The lowest BCUT2D eigenvalue weighted by Gasteiger charge is -2.32. The number of carboxylic acid groups (broad SMARTS) is 1. The van der Waals surface area contributed by atoms with Crippen molar-refractivity contribution in [2.24, 2.45) is 5.92 Å². The summed E-state index contributed by atoms with van der Waals surface area (Å²) >= 11 is 0. The Hall–Kier alpha value is -1.11. The monoisotopic (exact) mass is 304 g/mol. The maximum absolute atomic E-state index is 12.0. The third-order valence-corrected chi connectivity index (χ3v) is 4.98. The van der Waals surface area contributed by atoms with E-state index in [0.717, 1.165) is 12.8 Å². The van der Waals surface area contributed by atoms with Gasteiger partial charge in [0.25, 0.3) is 0 Å². The zero-order chi connectivity index (χ0) is 15.1. The van der Waals surface area contributed by atoms with Crippen LogP contribution in [-0.4, -0.2) is 57.4 Å². The fraction of sp³-hybridized carbons (Fsp3) is 0.846. The average Bonchev–Trinajstić information content (AvgIpc) is 2.42. The summed E-state index contributed by atoms with van der Waals surface area (Å²) in [6, 6.07) is -0.137. The van der Waals surface area contributed by atoms with Crippen LogP contribution >= 0.6 is 0 Å². The van der Waals surface area contributed by atoms with Gasteiger partial charge in [0.1, 0.15) is 0 Å². The molecule has 1 heterocycles. The number of carbonyl (C=O) groups is 2. The van der Waals surface area contributed by atoms with Gasteiger partial charge in [-0.15, -0.1) is 0 Å². The van der Waals surface area contributed by atoms with Crippen molar-refractivity contribution in [3.05, 3.63) is 0 Å². The standard InChI is InChI=1S/C13H24N2O4S/c1-10(20(2)19)8-14-13(18)15-7-3-4-11(9-15)5-6-12(16)17/h10-11H,3-9H2,1-2H3,(H,14,18)(H,16,17). The van der Waals surface area contributed by atoms with E-state index in [2.05, 4.69) is 5.32 Å². The molecule has 1 fully saturated rings. The fourth-order valence-corrected chi connectivity index (χ4v) is 2.59. The fourth-order valence-electron chi connectivity index (χ4n) is 2.27. The maximum Gasteiger partial charge on any atom is 0.317 e. The molecule has 0 saturated carbocycles. The molecule has 0 aromatic heterocycles. The molecule has 6 nitrogen and oxygen atoms in total. The number of urea groups is 1. The van der Waals surface area contributed by atoms with E-state index in [0.29, 0.717) is 26.1 Å². The van der Waals surface area contributed by atoms with Crippen molar-refractivity contribution in [2.45, 2.75) is 37.9 Å². The summed E-state index contributed by atoms with van der Waals surface area (Å²) in [6.45, 7) is 3.56. The van der Waals surface area contributed by atoms with E-state index in [-0.39, 0.29) is 23.6 Å². The van der Waals surface area contributed by atoms with Gasteiger partial charge in [-0.1, -0.05) is 0 Å². The number of likely N-dealkylation sites (tertiary alicyclic amines) is 1. The molecule has 1 rings (SSSR count). The molecule has 0 aliphatic carbocycles. The minimum atomic E-state index is -0.945. The Bertz CT molecular complexity index is 375. The molecule has 0 radical (unpaired) electrons. The van der Waals surface area contributed by atoms with Crippen molar-refractivity contribution in [2.75, 3.05) is 25.9 Å². The molecule has 3 unspecified atom stereocenters. The summed E-state index contributed by atoms with van der Waals surface area (Å²) in [6.07, 6.45) is 4.29. The summed E-state index contributed by atoms with van der Waals surface area (Å²) < 4.78 is 11.2. The first kappa shape index (κ1) is 16.9. The van der Waals surface area contributed by atoms with Crippen LogP contribution in [0.1, 0.15) is 32.6 Å². The Labute approximate surface area is 122 Å². The lowest BCUT2D eigenvalue weighted by Crippen LogP contribution is -2.47. The van der Waals surface area contributed by atoms with Crippen LogP contribution in [0.4, 0.5) is 4.79 Å². The quantitative estimate of drug-likeness (QED) is 0.767. The third kappa shape index (κ3) is 5.90. The van der Waals surface area contributed by atoms with Crippen molar-refractivity contribution < 1.29 is 18.9 Å². The number of carboxylic acids is 1. The second-order valence-electron chi connectivity index (χ2n) is 5.38. The first-order valence-electron chi connectivity index (χ1n) is 6.97. The van der Waals surface area contributed by atoms with Crippen LogP contribution in [0.25, 0.3) is 0 Å². The van der Waals surface area contributed by atoms with Crippen LogP contribution in [0.5, 0.6) is 0 Å². The zero-order valence-corrected chi connectivity index (χ0v) is 12.9. The third-order valence-electron chi connectivity index (χ3n) is 3.68. The lowest BCUT2D eigenvalue weighted by molar-refractivity contribution is -0.137. The van der Waals surface area contributed by atoms with Gasteiger partial charge in [-0.3, -0.25) is 9.00 Å². The molecule has 0 aromatic rings. The largest absolute Gasteiger partial charge is 0.481 e. The van der Waals surface area contributed by atoms with Gasteiger partial charge in [0.2, 0.25) is 0 Å². The summed E-state index contributed by atoms with van der Waals surface area (Å²) in [5.41, 5.74) is 0. The highest BCUT2D eigenvalue weighted by Gasteiger charge is 2.24. The molecule has 116 valence electrons. The van der Waals surface area contributed by atoms with E-state index in [1.807, 2.05) is 6.92 Å². The molecule has 0 aromatic carbocycles. The number of piperidine rings is 1. The highest BCUT2D eigenvalue weighted by molar-refractivity contribution is 7.84. The smallest absolute Gasteiger partial charge is 0.317 e. The Kier molecular flexibility index (Phi) is 6.98. The zero-order valence-electron chi connectivity index (χ0n) is 12.1. The van der Waals surface area contributed by atoms with Crippen LogP contribution in [-0.2, 0) is 15.6 Å². The molecule has 0 bridgehead atoms. The summed E-state index contributed by atoms with van der Waals surface area (Å²) in [4.78, 5) is 24.3. The second-order valence-corrected chi connectivity index (χ2v) is 7.18. The predicted molar refractivity (Wildman–Crippen MR) is 78.1 cm³/mol. The van der Waals surface area contributed by atoms with Crippen LogP contribution in [0.15, 0.2) is 0 Å². The second kappa shape index (κ2) is 8.24. The van der Waals surface area contributed by atoms with Crippen molar-refractivity contribution >= 4 is 22.8 Å². The molecule has 1 aliphatic rings. The first-order valence-corrected chi connectivity index (χ1v) is 8.59. The Morgan fingerprint density at radius 1 is 1.50 bits per heavy atom. The first-order chi connectivity index (χ1) is 9.40. The normalized spacial score (nSPS) is 22.1. The van der Waals surface area contributed by atoms with Crippen LogP contribution in [0, 0.1) is 5.92 Å². The Morgan fingerprint density at radius 3 is 2.80 bits per heavy atom. The van der Waals surface area contributed by atoms with E-state index in [9.17, 15) is 13.8 Å². The molecule has 20 heavy (non-hydrogen) atoms. The van der Waals surface area contributed by atoms with Gasteiger partial charge in [-0.2, -0.15) is 0 Å². The van der Waals surface area contributed by atoms with Gasteiger partial charge in [0.05, 0.1) is 0 Å². The molecule has 7 heteroatoms. The van der Waals surface area contributed by atoms with Gasteiger partial charge in [-0.25, -0.2) is 4.79 Å². The van der Waals surface area contributed by atoms with Gasteiger partial charge in [0.15, 0.2) is 0 Å². The molecule has 0 spiro atoms. The molecule has 3 atom stereocenters. The number of carbonyl (C=O) groups excluding carboxylic acids is 1. The van der Waals surface area contributed by atoms with Crippen molar-refractivity contribution in [1.29, 1.82) is 0 Å². The number of nitrogens with zero attached hydrogens (tertiary/aromatic N) is 1. The SMILES string of the molecule is CC(CNC(=O)N1CCCC(CCC(=O)O)C1)S(C)=O. The minimum absolute atomic E-state index is 0.0634. The molecule has 2 amide bonds. The van der Waals surface area contributed by atoms with Crippen LogP contribution < -0.4 is 5.32 Å². The Balaban J connectivity index is 2.36. The minimum Gasteiger partial charge on any atom is -0.481 e. The highest BCUT2D eigenvalue weighted by Crippen LogP contribution is 2.20. The van der Waals surface area contributed by atoms with Gasteiger partial charge in [-0.05, 0) is 32.1 Å². The van der Waals surface area contributed by atoms with Gasteiger partial charge < -0.3 is 15.3 Å². The van der Waals surface area contributed by atoms with Crippen molar-refractivity contribution in [3.63, 3.8) is 0 Å². The van der Waals surface area contributed by atoms with E-state index >= 15 is 0 Å². The highest BCUT2D eigenvalue weighted by atomic mass is 32.2.